The lowest BCUT2D eigenvalue weighted by Gasteiger charge is -2.15. The molecule has 3 nitrogen and oxygen atoms in total. The van der Waals surface area contributed by atoms with Crippen molar-refractivity contribution in [2.24, 2.45) is 0 Å². The highest BCUT2D eigenvalue weighted by Crippen LogP contribution is 2.50. The minimum Gasteiger partial charge on any atom is -0.309 e. The van der Waals surface area contributed by atoms with Crippen molar-refractivity contribution >= 4 is 65.4 Å². The molecule has 0 radical (unpaired) electrons. The summed E-state index contributed by atoms with van der Waals surface area (Å²) < 4.78 is 7.22. The van der Waals surface area contributed by atoms with Crippen LogP contribution >= 0.6 is 0 Å². The summed E-state index contributed by atoms with van der Waals surface area (Å²) in [5.74, 6) is 0.249. The number of hydrogen-bond acceptors (Lipinski definition) is 0. The molecular formula is C97H65N3. The van der Waals surface area contributed by atoms with Gasteiger partial charge in [0.1, 0.15) is 0 Å². The van der Waals surface area contributed by atoms with Gasteiger partial charge in [-0.25, -0.2) is 0 Å². The van der Waals surface area contributed by atoms with Gasteiger partial charge in [0.25, 0.3) is 0 Å². The van der Waals surface area contributed by atoms with Crippen LogP contribution in [0.5, 0.6) is 0 Å². The second-order valence-electron chi connectivity index (χ2n) is 26.3. The molecule has 3 heteroatoms. The molecule has 1 aliphatic carbocycles. The van der Waals surface area contributed by atoms with Crippen LogP contribution in [0.2, 0.25) is 0 Å². The molecule has 100 heavy (non-hydrogen) atoms. The van der Waals surface area contributed by atoms with E-state index in [2.05, 4.69) is 402 Å². The molecule has 16 aromatic carbocycles. The van der Waals surface area contributed by atoms with Gasteiger partial charge < -0.3 is 13.7 Å². The van der Waals surface area contributed by atoms with Crippen molar-refractivity contribution in [2.75, 3.05) is 0 Å². The first-order chi connectivity index (χ1) is 49.6. The Morgan fingerprint density at radius 2 is 0.520 bits per heavy atom. The van der Waals surface area contributed by atoms with Gasteiger partial charge in [0.05, 0.1) is 33.1 Å². The maximum atomic E-state index is 2.43. The van der Waals surface area contributed by atoms with E-state index in [0.29, 0.717) is 0 Å². The first kappa shape index (κ1) is 58.3. The van der Waals surface area contributed by atoms with Crippen LogP contribution in [-0.2, 0) is 0 Å². The minimum atomic E-state index is 0.249. The summed E-state index contributed by atoms with van der Waals surface area (Å²) in [5.41, 5.74) is 32.2. The smallest absolute Gasteiger partial charge is 0.0547 e. The molecule has 0 saturated heterocycles. The van der Waals surface area contributed by atoms with E-state index in [1.54, 1.807) is 0 Å². The van der Waals surface area contributed by atoms with Crippen LogP contribution in [-0.4, -0.2) is 13.7 Å². The van der Waals surface area contributed by atoms with Crippen LogP contribution in [0.15, 0.2) is 388 Å². The van der Waals surface area contributed by atoms with Crippen LogP contribution in [0.4, 0.5) is 0 Å². The molecule has 0 amide bonds. The topological polar surface area (TPSA) is 14.8 Å². The number of hydrogen-bond donors (Lipinski definition) is 0. The van der Waals surface area contributed by atoms with E-state index in [9.17, 15) is 0 Å². The van der Waals surface area contributed by atoms with Crippen LogP contribution in [0.1, 0.15) is 22.6 Å². The van der Waals surface area contributed by atoms with E-state index in [0.717, 1.165) is 11.4 Å². The van der Waals surface area contributed by atoms with Gasteiger partial charge in [-0.1, -0.05) is 291 Å². The molecule has 1 atom stereocenters. The van der Waals surface area contributed by atoms with Crippen molar-refractivity contribution in [1.82, 2.24) is 13.7 Å². The average molecular weight is 1270 g/mol. The molecule has 1 aliphatic rings. The molecule has 0 spiro atoms. The third-order valence-corrected chi connectivity index (χ3v) is 20.6. The summed E-state index contributed by atoms with van der Waals surface area (Å²) in [6.45, 7) is 0. The highest BCUT2D eigenvalue weighted by atomic mass is 15.0. The van der Waals surface area contributed by atoms with Crippen molar-refractivity contribution in [2.45, 2.75) is 5.92 Å². The molecule has 3 heterocycles. The molecule has 3 aromatic heterocycles. The van der Waals surface area contributed by atoms with E-state index in [4.69, 9.17) is 0 Å². The fraction of sp³-hybridized carbons (Fsp3) is 0.0103. The zero-order valence-corrected chi connectivity index (χ0v) is 54.9. The Hall–Kier alpha value is -13.1. The van der Waals surface area contributed by atoms with E-state index < -0.39 is 0 Å². The predicted molar refractivity (Wildman–Crippen MR) is 421 cm³/mol. The third kappa shape index (κ3) is 10.1. The van der Waals surface area contributed by atoms with Gasteiger partial charge >= 0.3 is 0 Å². The Labute approximate surface area is 581 Å². The Morgan fingerprint density at radius 1 is 0.170 bits per heavy atom. The Balaban J connectivity index is 0.000000139. The number of rotatable bonds is 10. The van der Waals surface area contributed by atoms with Gasteiger partial charge in [-0.05, 0) is 192 Å². The summed E-state index contributed by atoms with van der Waals surface area (Å²) in [4.78, 5) is 0. The van der Waals surface area contributed by atoms with E-state index in [1.807, 2.05) is 0 Å². The highest BCUT2D eigenvalue weighted by Gasteiger charge is 2.30. The van der Waals surface area contributed by atoms with E-state index in [-0.39, 0.29) is 5.92 Å². The standard InChI is InChI=1S/C49H33N.C48H32N2/c1-3-12-33(13-4-1)34-22-24-35(25-23-34)36-26-29-39(30-27-36)50-46-20-10-9-18-44(46)49-40(19-11-21-47(49)50)38-28-31-43-45(32-38)41-16-7-8-17-42(41)48(43)37-14-5-2-6-15-37;1-4-13-33(14-5-1)35-17-12-20-40(29-35)50-47-26-23-36(34-15-6-2-7-16-34)30-43(47)44-32-38(25-28-48(44)50)37-24-27-46-42(31-37)41-21-10-11-22-45(41)49(46)39-18-8-3-9-19-39/h1-32,48H;1-32H. The minimum absolute atomic E-state index is 0.249. The molecule has 0 bridgehead atoms. The van der Waals surface area contributed by atoms with Crippen molar-refractivity contribution in [3.8, 4) is 95.0 Å². The first-order valence-electron chi connectivity index (χ1n) is 34.6. The lowest BCUT2D eigenvalue weighted by atomic mass is 9.88. The Bertz CT molecular complexity index is 6280. The zero-order chi connectivity index (χ0) is 66.0. The summed E-state index contributed by atoms with van der Waals surface area (Å²) in [7, 11) is 0. The molecule has 0 aliphatic heterocycles. The molecule has 0 saturated carbocycles. The van der Waals surface area contributed by atoms with Gasteiger partial charge in [-0.3, -0.25) is 0 Å². The monoisotopic (exact) mass is 1270 g/mol. The van der Waals surface area contributed by atoms with Gasteiger partial charge in [0.2, 0.25) is 0 Å². The lowest BCUT2D eigenvalue weighted by molar-refractivity contribution is 1.02. The van der Waals surface area contributed by atoms with Crippen LogP contribution in [0.25, 0.3) is 160 Å². The number of fused-ring (bicyclic) bond motifs is 12. The van der Waals surface area contributed by atoms with Gasteiger partial charge in [0.15, 0.2) is 0 Å². The highest BCUT2D eigenvalue weighted by molar-refractivity contribution is 6.17. The molecule has 1 unspecified atom stereocenters. The first-order valence-corrected chi connectivity index (χ1v) is 34.6. The summed E-state index contributed by atoms with van der Waals surface area (Å²) in [6, 6.07) is 141. The fourth-order valence-electron chi connectivity index (χ4n) is 16.0. The maximum Gasteiger partial charge on any atom is 0.0547 e. The summed E-state index contributed by atoms with van der Waals surface area (Å²) in [5, 5.41) is 7.56. The molecule has 20 rings (SSSR count). The van der Waals surface area contributed by atoms with Crippen molar-refractivity contribution in [3.05, 3.63) is 405 Å². The lowest BCUT2D eigenvalue weighted by Crippen LogP contribution is -1.98. The van der Waals surface area contributed by atoms with Crippen molar-refractivity contribution in [1.29, 1.82) is 0 Å². The molecule has 0 fully saturated rings. The number of aromatic nitrogens is 3. The van der Waals surface area contributed by atoms with Crippen molar-refractivity contribution in [3.63, 3.8) is 0 Å². The second-order valence-corrected chi connectivity index (χ2v) is 26.3. The molecular weight excluding hydrogens is 1210 g/mol. The Morgan fingerprint density at radius 3 is 1.13 bits per heavy atom. The second kappa shape index (κ2) is 24.5. The number of benzene rings is 16. The van der Waals surface area contributed by atoms with Crippen LogP contribution in [0.3, 0.4) is 0 Å². The molecule has 0 N–H and O–H groups in total. The normalized spacial score (nSPS) is 12.5. The third-order valence-electron chi connectivity index (χ3n) is 20.6. The SMILES string of the molecule is c1ccc(-c2ccc(-c3ccc(-n4c5ccccc5c5c(-c6ccc7c(c6)-c6ccccc6C7c6ccccc6)cccc54)cc3)cc2)cc1.c1ccc(-c2cccc(-n3c4ccc(-c5ccccc5)cc4c4cc(-c5ccc6c(c5)c5ccccc5n6-c5ccccc5)ccc43)c2)cc1. The maximum absolute atomic E-state index is 2.43. The number of para-hydroxylation sites is 3. The van der Waals surface area contributed by atoms with Gasteiger partial charge in [-0.15, -0.1) is 0 Å². The average Bonchev–Trinajstić information content (AvgIpc) is 1.59. The largest absolute Gasteiger partial charge is 0.309 e. The number of nitrogens with zero attached hydrogens (tertiary/aromatic N) is 3. The van der Waals surface area contributed by atoms with E-state index >= 15 is 0 Å². The van der Waals surface area contributed by atoms with Crippen LogP contribution in [0, 0.1) is 0 Å². The van der Waals surface area contributed by atoms with Crippen LogP contribution < -0.4 is 0 Å². The zero-order valence-electron chi connectivity index (χ0n) is 54.9. The summed E-state index contributed by atoms with van der Waals surface area (Å²) in [6.07, 6.45) is 0. The van der Waals surface area contributed by atoms with Crippen molar-refractivity contribution < 1.29 is 0 Å². The van der Waals surface area contributed by atoms with E-state index in [1.165, 1.54) is 166 Å². The fourth-order valence-corrected chi connectivity index (χ4v) is 16.0. The predicted octanol–water partition coefficient (Wildman–Crippen LogP) is 25.8. The summed E-state index contributed by atoms with van der Waals surface area (Å²) >= 11 is 0. The van der Waals surface area contributed by atoms with Gasteiger partial charge in [0, 0.05) is 55.3 Å². The molecule has 19 aromatic rings. The van der Waals surface area contributed by atoms with Gasteiger partial charge in [-0.2, -0.15) is 0 Å². The Kier molecular flexibility index (Phi) is 14.3. The quantitative estimate of drug-likeness (QED) is 0.130. The molecule has 468 valence electrons.